The smallest absolute Gasteiger partial charge is 0.321 e. The van der Waals surface area contributed by atoms with Crippen molar-refractivity contribution in [3.05, 3.63) is 24.3 Å². The van der Waals surface area contributed by atoms with E-state index in [0.717, 1.165) is 17.0 Å². The molecule has 0 unspecified atom stereocenters. The Labute approximate surface area is 122 Å². The first-order valence-electron chi connectivity index (χ1n) is 6.53. The minimum absolute atomic E-state index is 0.229. The number of anilines is 1. The van der Waals surface area contributed by atoms with E-state index in [1.54, 1.807) is 16.7 Å². The van der Waals surface area contributed by atoms with Gasteiger partial charge in [0, 0.05) is 23.7 Å². The van der Waals surface area contributed by atoms with Crippen molar-refractivity contribution in [3.8, 4) is 0 Å². The van der Waals surface area contributed by atoms with Crippen LogP contribution in [0.2, 0.25) is 0 Å². The van der Waals surface area contributed by atoms with Crippen LogP contribution in [0.15, 0.2) is 29.2 Å². The fraction of sp³-hybridized carbons (Fsp3) is 0.429. The fourth-order valence-corrected chi connectivity index (χ4v) is 2.65. The van der Waals surface area contributed by atoms with E-state index in [4.69, 9.17) is 5.11 Å². The molecule has 0 bridgehead atoms. The molecule has 0 aliphatic carbocycles. The van der Waals surface area contributed by atoms with E-state index >= 15 is 0 Å². The number of carbonyl (C=O) groups excluding carboxylic acids is 1. The number of piperidine rings is 1. The molecule has 1 aromatic rings. The van der Waals surface area contributed by atoms with Gasteiger partial charge in [0.1, 0.15) is 0 Å². The first kappa shape index (κ1) is 14.7. The number of nitrogens with one attached hydrogen (secondary N) is 1. The van der Waals surface area contributed by atoms with Crippen LogP contribution in [0.25, 0.3) is 0 Å². The van der Waals surface area contributed by atoms with Crippen molar-refractivity contribution in [1.29, 1.82) is 0 Å². The van der Waals surface area contributed by atoms with Crippen LogP contribution in [-0.2, 0) is 4.79 Å². The predicted octanol–water partition coefficient (Wildman–Crippen LogP) is 2.74. The van der Waals surface area contributed by atoms with Gasteiger partial charge in [-0.05, 0) is 43.4 Å². The minimum atomic E-state index is -0.827. The number of thioether (sulfide) groups is 1. The van der Waals surface area contributed by atoms with Gasteiger partial charge in [0.05, 0.1) is 5.92 Å². The fourth-order valence-electron chi connectivity index (χ4n) is 2.24. The number of likely N-dealkylation sites (tertiary alicyclic amines) is 1. The zero-order valence-corrected chi connectivity index (χ0v) is 12.2. The molecule has 6 heteroatoms. The average molecular weight is 294 g/mol. The average Bonchev–Trinajstić information content (AvgIpc) is 2.48. The maximum absolute atomic E-state index is 12.1. The highest BCUT2D eigenvalue weighted by atomic mass is 32.2. The van der Waals surface area contributed by atoms with Crippen LogP contribution in [0.3, 0.4) is 0 Å². The first-order chi connectivity index (χ1) is 9.60. The molecular formula is C14H18N2O3S. The zero-order valence-electron chi connectivity index (χ0n) is 11.3. The maximum atomic E-state index is 12.1. The maximum Gasteiger partial charge on any atom is 0.321 e. The molecule has 1 aliphatic heterocycles. The summed E-state index contributed by atoms with van der Waals surface area (Å²) in [5.41, 5.74) is 0.727. The molecule has 20 heavy (non-hydrogen) atoms. The highest BCUT2D eigenvalue weighted by Gasteiger charge is 2.28. The molecule has 108 valence electrons. The van der Waals surface area contributed by atoms with Gasteiger partial charge in [-0.2, -0.15) is 0 Å². The lowest BCUT2D eigenvalue weighted by atomic mass is 9.99. The largest absolute Gasteiger partial charge is 0.481 e. The molecule has 2 rings (SSSR count). The van der Waals surface area contributed by atoms with E-state index in [9.17, 15) is 9.59 Å². The Bertz CT molecular complexity index is 490. The van der Waals surface area contributed by atoms with Gasteiger partial charge in [-0.25, -0.2) is 4.79 Å². The quantitative estimate of drug-likeness (QED) is 0.841. The molecule has 1 fully saturated rings. The molecule has 1 aliphatic rings. The molecule has 0 saturated carbocycles. The summed E-state index contributed by atoms with van der Waals surface area (Å²) in [5, 5.41) is 11.8. The number of rotatable bonds is 3. The van der Waals surface area contributed by atoms with Crippen molar-refractivity contribution in [1.82, 2.24) is 4.90 Å². The third-order valence-corrected chi connectivity index (χ3v) is 4.14. The van der Waals surface area contributed by atoms with Crippen LogP contribution in [0.1, 0.15) is 12.8 Å². The molecule has 1 saturated heterocycles. The van der Waals surface area contributed by atoms with Gasteiger partial charge < -0.3 is 15.3 Å². The molecule has 5 nitrogen and oxygen atoms in total. The summed E-state index contributed by atoms with van der Waals surface area (Å²) in [6, 6.07) is 7.35. The number of nitrogens with zero attached hydrogens (tertiary/aromatic N) is 1. The number of benzene rings is 1. The van der Waals surface area contributed by atoms with Gasteiger partial charge in [0.25, 0.3) is 0 Å². The van der Waals surface area contributed by atoms with Crippen LogP contribution < -0.4 is 5.32 Å². The van der Waals surface area contributed by atoms with Crippen LogP contribution in [0, 0.1) is 5.92 Å². The molecule has 2 amide bonds. The third-order valence-electron chi connectivity index (χ3n) is 3.40. The van der Waals surface area contributed by atoms with E-state index in [0.29, 0.717) is 13.0 Å². The van der Waals surface area contributed by atoms with Crippen molar-refractivity contribution < 1.29 is 14.7 Å². The highest BCUT2D eigenvalue weighted by molar-refractivity contribution is 7.98. The van der Waals surface area contributed by atoms with E-state index in [-0.39, 0.29) is 12.6 Å². The van der Waals surface area contributed by atoms with Gasteiger partial charge in [0.2, 0.25) is 0 Å². The summed E-state index contributed by atoms with van der Waals surface area (Å²) < 4.78 is 0. The van der Waals surface area contributed by atoms with Crippen molar-refractivity contribution >= 4 is 29.4 Å². The number of carboxylic acids is 1. The second-order valence-electron chi connectivity index (χ2n) is 4.78. The summed E-state index contributed by atoms with van der Waals surface area (Å²) in [6.07, 6.45) is 3.37. The third kappa shape index (κ3) is 3.66. The Morgan fingerprint density at radius 1 is 1.35 bits per heavy atom. The minimum Gasteiger partial charge on any atom is -0.481 e. The van der Waals surface area contributed by atoms with Crippen LogP contribution in [0.5, 0.6) is 0 Å². The van der Waals surface area contributed by atoms with E-state index in [2.05, 4.69) is 5.32 Å². The second kappa shape index (κ2) is 6.65. The van der Waals surface area contributed by atoms with Gasteiger partial charge in [-0.15, -0.1) is 11.8 Å². The van der Waals surface area contributed by atoms with Crippen LogP contribution in [0.4, 0.5) is 10.5 Å². The highest BCUT2D eigenvalue weighted by Crippen LogP contribution is 2.20. The lowest BCUT2D eigenvalue weighted by molar-refractivity contribution is -0.143. The monoisotopic (exact) mass is 294 g/mol. The van der Waals surface area contributed by atoms with Crippen molar-refractivity contribution in [2.24, 2.45) is 5.92 Å². The lowest BCUT2D eigenvalue weighted by Crippen LogP contribution is -2.44. The van der Waals surface area contributed by atoms with Crippen LogP contribution in [-0.4, -0.2) is 41.4 Å². The Kier molecular flexibility index (Phi) is 4.89. The Balaban J connectivity index is 1.95. The van der Waals surface area contributed by atoms with Gasteiger partial charge >= 0.3 is 12.0 Å². The number of hydrogen-bond donors (Lipinski definition) is 2. The molecule has 1 atom stereocenters. The van der Waals surface area contributed by atoms with Crippen LogP contribution >= 0.6 is 11.8 Å². The molecule has 0 radical (unpaired) electrons. The Hall–Kier alpha value is -1.69. The Morgan fingerprint density at radius 3 is 2.65 bits per heavy atom. The SMILES string of the molecule is CSc1ccc(NC(=O)N2CCC[C@@H](C(=O)O)C2)cc1. The molecule has 0 aromatic heterocycles. The first-order valence-corrected chi connectivity index (χ1v) is 7.75. The molecule has 0 spiro atoms. The van der Waals surface area contributed by atoms with Crippen molar-refractivity contribution in [3.63, 3.8) is 0 Å². The Morgan fingerprint density at radius 2 is 2.05 bits per heavy atom. The molecule has 1 aromatic carbocycles. The number of carbonyl (C=O) groups is 2. The number of hydrogen-bond acceptors (Lipinski definition) is 3. The van der Waals surface area contributed by atoms with Gasteiger partial charge in [-0.3, -0.25) is 4.79 Å². The standard InChI is InChI=1S/C14H18N2O3S/c1-20-12-6-4-11(5-7-12)15-14(19)16-8-2-3-10(9-16)13(17)18/h4-7,10H,2-3,8-9H2,1H3,(H,15,19)(H,17,18)/t10-/m1/s1. The number of urea groups is 1. The number of carboxylic acid groups (broad SMARTS) is 1. The van der Waals surface area contributed by atoms with Gasteiger partial charge in [-0.1, -0.05) is 0 Å². The number of amides is 2. The summed E-state index contributed by atoms with van der Waals surface area (Å²) >= 11 is 1.64. The van der Waals surface area contributed by atoms with E-state index < -0.39 is 11.9 Å². The van der Waals surface area contributed by atoms with E-state index in [1.165, 1.54) is 0 Å². The molecule has 1 heterocycles. The molecular weight excluding hydrogens is 276 g/mol. The summed E-state index contributed by atoms with van der Waals surface area (Å²) in [7, 11) is 0. The molecule has 2 N–H and O–H groups in total. The topological polar surface area (TPSA) is 69.6 Å². The second-order valence-corrected chi connectivity index (χ2v) is 5.66. The van der Waals surface area contributed by atoms with Crippen molar-refractivity contribution in [2.45, 2.75) is 17.7 Å². The summed E-state index contributed by atoms with van der Waals surface area (Å²) in [4.78, 5) is 25.8. The predicted molar refractivity (Wildman–Crippen MR) is 79.2 cm³/mol. The normalized spacial score (nSPS) is 18.6. The number of aliphatic carboxylic acids is 1. The van der Waals surface area contributed by atoms with Crippen molar-refractivity contribution in [2.75, 3.05) is 24.7 Å². The van der Waals surface area contributed by atoms with E-state index in [1.807, 2.05) is 30.5 Å². The summed E-state index contributed by atoms with van der Waals surface area (Å²) in [6.45, 7) is 0.891. The zero-order chi connectivity index (χ0) is 14.5. The lowest BCUT2D eigenvalue weighted by Gasteiger charge is -2.30. The van der Waals surface area contributed by atoms with Gasteiger partial charge in [0.15, 0.2) is 0 Å². The summed E-state index contributed by atoms with van der Waals surface area (Å²) in [5.74, 6) is -1.28.